The molecule has 1 saturated carbocycles. The molecule has 1 aliphatic heterocycles. The van der Waals surface area contributed by atoms with Crippen LogP contribution in [0, 0.1) is 5.92 Å². The van der Waals surface area contributed by atoms with Gasteiger partial charge in [-0.05, 0) is 38.1 Å². The van der Waals surface area contributed by atoms with Gasteiger partial charge in [-0.15, -0.1) is 0 Å². The molecule has 1 aliphatic carbocycles. The van der Waals surface area contributed by atoms with Gasteiger partial charge in [0.2, 0.25) is 5.91 Å². The number of carbonyl (C=O) groups is 3. The second-order valence-corrected chi connectivity index (χ2v) is 6.29. The fourth-order valence-electron chi connectivity index (χ4n) is 3.34. The van der Waals surface area contributed by atoms with E-state index in [2.05, 4.69) is 10.6 Å². The zero-order chi connectivity index (χ0) is 16.2. The molecule has 1 saturated heterocycles. The van der Waals surface area contributed by atoms with E-state index in [9.17, 15) is 14.4 Å². The number of hydrogen-bond acceptors (Lipinski definition) is 4. The molecule has 0 aromatic rings. The average molecular weight is 310 g/mol. The molecule has 2 aliphatic rings. The lowest BCUT2D eigenvalue weighted by Gasteiger charge is -2.36. The monoisotopic (exact) mass is 310 g/mol. The molecule has 124 valence electrons. The summed E-state index contributed by atoms with van der Waals surface area (Å²) in [7, 11) is 0. The second-order valence-electron chi connectivity index (χ2n) is 6.29. The third-order valence-corrected chi connectivity index (χ3v) is 4.76. The number of hydrogen-bond donors (Lipinski definition) is 3. The molecule has 2 unspecified atom stereocenters. The summed E-state index contributed by atoms with van der Waals surface area (Å²) in [6, 6.07) is -0.448. The van der Waals surface area contributed by atoms with E-state index in [4.69, 9.17) is 5.73 Å². The summed E-state index contributed by atoms with van der Waals surface area (Å²) in [5.41, 5.74) is 4.59. The SMILES string of the molecule is CC1CCCCC12NC(=O)N(CC(=O)NCCCCN)C2=O. The lowest BCUT2D eigenvalue weighted by atomic mass is 9.73. The Bertz CT molecular complexity index is 454. The summed E-state index contributed by atoms with van der Waals surface area (Å²) >= 11 is 0. The lowest BCUT2D eigenvalue weighted by Crippen LogP contribution is -2.54. The maximum absolute atomic E-state index is 12.7. The number of unbranched alkanes of at least 4 members (excludes halogenated alkanes) is 1. The van der Waals surface area contributed by atoms with Crippen molar-refractivity contribution >= 4 is 17.8 Å². The molecule has 2 rings (SSSR count). The largest absolute Gasteiger partial charge is 0.355 e. The van der Waals surface area contributed by atoms with Crippen LogP contribution in [0.4, 0.5) is 4.79 Å². The number of rotatable bonds is 6. The van der Waals surface area contributed by atoms with Crippen LogP contribution in [0.1, 0.15) is 45.4 Å². The van der Waals surface area contributed by atoms with Crippen LogP contribution in [0.3, 0.4) is 0 Å². The normalized spacial score (nSPS) is 28.1. The van der Waals surface area contributed by atoms with Crippen molar-refractivity contribution in [3.05, 3.63) is 0 Å². The van der Waals surface area contributed by atoms with Crippen LogP contribution in [0.2, 0.25) is 0 Å². The van der Waals surface area contributed by atoms with E-state index in [1.807, 2.05) is 6.92 Å². The molecule has 7 heteroatoms. The second kappa shape index (κ2) is 7.09. The number of amides is 4. The quantitative estimate of drug-likeness (QED) is 0.486. The van der Waals surface area contributed by atoms with Crippen molar-refractivity contribution in [3.63, 3.8) is 0 Å². The highest BCUT2D eigenvalue weighted by Gasteiger charge is 2.55. The van der Waals surface area contributed by atoms with E-state index in [0.717, 1.165) is 37.0 Å². The van der Waals surface area contributed by atoms with Crippen LogP contribution in [0.5, 0.6) is 0 Å². The third kappa shape index (κ3) is 3.24. The minimum atomic E-state index is -0.796. The summed E-state index contributed by atoms with van der Waals surface area (Å²) < 4.78 is 0. The Hall–Kier alpha value is -1.63. The summed E-state index contributed by atoms with van der Waals surface area (Å²) in [5, 5.41) is 5.56. The number of urea groups is 1. The predicted octanol–water partition coefficient (Wildman–Crippen LogP) is 0.342. The minimum Gasteiger partial charge on any atom is -0.355 e. The van der Waals surface area contributed by atoms with Crippen molar-refractivity contribution in [2.24, 2.45) is 11.7 Å². The number of imide groups is 1. The van der Waals surface area contributed by atoms with Crippen molar-refractivity contribution in [1.29, 1.82) is 0 Å². The van der Waals surface area contributed by atoms with Crippen molar-refractivity contribution in [2.45, 2.75) is 51.0 Å². The summed E-state index contributed by atoms with van der Waals surface area (Å²) in [6.07, 6.45) is 5.22. The standard InChI is InChI=1S/C15H26N4O3/c1-11-6-2-3-7-15(11)13(21)19(14(22)18-15)10-12(20)17-9-5-4-8-16/h11H,2-10,16H2,1H3,(H,17,20)(H,18,22). The lowest BCUT2D eigenvalue weighted by molar-refractivity contribution is -0.137. The van der Waals surface area contributed by atoms with Crippen LogP contribution in [0.15, 0.2) is 0 Å². The van der Waals surface area contributed by atoms with Crippen molar-refractivity contribution < 1.29 is 14.4 Å². The topological polar surface area (TPSA) is 105 Å². The van der Waals surface area contributed by atoms with E-state index < -0.39 is 11.6 Å². The maximum Gasteiger partial charge on any atom is 0.325 e. The van der Waals surface area contributed by atoms with Crippen LogP contribution in [-0.4, -0.2) is 47.9 Å². The molecule has 0 aromatic heterocycles. The zero-order valence-corrected chi connectivity index (χ0v) is 13.2. The summed E-state index contributed by atoms with van der Waals surface area (Å²) in [4.78, 5) is 37.7. The zero-order valence-electron chi connectivity index (χ0n) is 13.2. The highest BCUT2D eigenvalue weighted by atomic mass is 16.2. The fourth-order valence-corrected chi connectivity index (χ4v) is 3.34. The van der Waals surface area contributed by atoms with Gasteiger partial charge in [0.25, 0.3) is 5.91 Å². The molecule has 0 bridgehead atoms. The first-order valence-corrected chi connectivity index (χ1v) is 8.12. The van der Waals surface area contributed by atoms with Crippen molar-refractivity contribution in [3.8, 4) is 0 Å². The van der Waals surface area contributed by atoms with Gasteiger partial charge in [-0.3, -0.25) is 14.5 Å². The highest BCUT2D eigenvalue weighted by Crippen LogP contribution is 2.38. The van der Waals surface area contributed by atoms with Gasteiger partial charge in [0, 0.05) is 6.54 Å². The first kappa shape index (κ1) is 16.7. The molecule has 0 aromatic carbocycles. The first-order valence-electron chi connectivity index (χ1n) is 8.12. The van der Waals surface area contributed by atoms with E-state index in [1.54, 1.807) is 0 Å². The van der Waals surface area contributed by atoms with Crippen molar-refractivity contribution in [1.82, 2.24) is 15.5 Å². The minimum absolute atomic E-state index is 0.107. The van der Waals surface area contributed by atoms with E-state index >= 15 is 0 Å². The Labute approximate surface area is 131 Å². The fraction of sp³-hybridized carbons (Fsp3) is 0.800. The molecule has 4 N–H and O–H groups in total. The van der Waals surface area contributed by atoms with Gasteiger partial charge < -0.3 is 16.4 Å². The average Bonchev–Trinajstić information content (AvgIpc) is 2.72. The molecule has 1 spiro atoms. The molecule has 4 amide bonds. The predicted molar refractivity (Wildman–Crippen MR) is 81.9 cm³/mol. The van der Waals surface area contributed by atoms with Crippen LogP contribution in [0.25, 0.3) is 0 Å². The van der Waals surface area contributed by atoms with Gasteiger partial charge in [-0.25, -0.2) is 4.79 Å². The highest BCUT2D eigenvalue weighted by molar-refractivity contribution is 6.09. The van der Waals surface area contributed by atoms with Gasteiger partial charge in [-0.2, -0.15) is 0 Å². The number of nitrogens with zero attached hydrogens (tertiary/aromatic N) is 1. The van der Waals surface area contributed by atoms with Gasteiger partial charge in [0.1, 0.15) is 12.1 Å². The molecule has 1 heterocycles. The van der Waals surface area contributed by atoms with Crippen LogP contribution in [-0.2, 0) is 9.59 Å². The Morgan fingerprint density at radius 3 is 2.86 bits per heavy atom. The van der Waals surface area contributed by atoms with Gasteiger partial charge >= 0.3 is 6.03 Å². The van der Waals surface area contributed by atoms with Crippen molar-refractivity contribution in [2.75, 3.05) is 19.6 Å². The number of nitrogens with one attached hydrogen (secondary N) is 2. The molecule has 22 heavy (non-hydrogen) atoms. The molecule has 0 radical (unpaired) electrons. The Morgan fingerprint density at radius 2 is 2.18 bits per heavy atom. The van der Waals surface area contributed by atoms with E-state index in [-0.39, 0.29) is 24.3 Å². The number of nitrogens with two attached hydrogens (primary N) is 1. The molecular formula is C15H26N4O3. The van der Waals surface area contributed by atoms with Gasteiger partial charge in [-0.1, -0.05) is 19.8 Å². The van der Waals surface area contributed by atoms with Crippen LogP contribution < -0.4 is 16.4 Å². The third-order valence-electron chi connectivity index (χ3n) is 4.76. The van der Waals surface area contributed by atoms with Crippen LogP contribution >= 0.6 is 0 Å². The number of carbonyl (C=O) groups excluding carboxylic acids is 3. The first-order chi connectivity index (χ1) is 10.5. The molecular weight excluding hydrogens is 284 g/mol. The Kier molecular flexibility index (Phi) is 5.39. The molecule has 7 nitrogen and oxygen atoms in total. The Balaban J connectivity index is 1.93. The van der Waals surface area contributed by atoms with Gasteiger partial charge in [0.05, 0.1) is 0 Å². The summed E-state index contributed by atoms with van der Waals surface area (Å²) in [6.45, 7) is 2.89. The maximum atomic E-state index is 12.7. The Morgan fingerprint density at radius 1 is 1.41 bits per heavy atom. The molecule has 2 fully saturated rings. The van der Waals surface area contributed by atoms with E-state index in [1.165, 1.54) is 0 Å². The summed E-state index contributed by atoms with van der Waals surface area (Å²) in [5.74, 6) is -0.446. The smallest absolute Gasteiger partial charge is 0.325 e. The van der Waals surface area contributed by atoms with E-state index in [0.29, 0.717) is 19.5 Å². The van der Waals surface area contributed by atoms with Gasteiger partial charge in [0.15, 0.2) is 0 Å². The molecule has 2 atom stereocenters.